The number of thioether (sulfide) groups is 1. The molecule has 3 aromatic rings. The molecule has 7 heteroatoms. The molecule has 2 aromatic heterocycles. The minimum atomic E-state index is 0.520. The Morgan fingerprint density at radius 3 is 2.90 bits per heavy atom. The van der Waals surface area contributed by atoms with E-state index in [1.165, 1.54) is 22.0 Å². The molecule has 1 aromatic carbocycles. The molecule has 2 N–H and O–H groups in total. The van der Waals surface area contributed by atoms with Crippen LogP contribution in [-0.4, -0.2) is 14.9 Å². The van der Waals surface area contributed by atoms with Crippen molar-refractivity contribution in [3.63, 3.8) is 0 Å². The van der Waals surface area contributed by atoms with E-state index < -0.39 is 0 Å². The summed E-state index contributed by atoms with van der Waals surface area (Å²) in [5.41, 5.74) is 1.19. The van der Waals surface area contributed by atoms with Crippen LogP contribution in [0.4, 0.5) is 0 Å². The van der Waals surface area contributed by atoms with Gasteiger partial charge in [-0.2, -0.15) is 0 Å². The lowest BCUT2D eigenvalue weighted by Gasteiger charge is -2.03. The van der Waals surface area contributed by atoms with E-state index in [2.05, 4.69) is 38.3 Å². The lowest BCUT2D eigenvalue weighted by atomic mass is 10.2. The first-order valence-electron chi connectivity index (χ1n) is 5.85. The zero-order valence-corrected chi connectivity index (χ0v) is 12.8. The van der Waals surface area contributed by atoms with Crippen LogP contribution >= 0.6 is 27.7 Å². The number of rotatable bonds is 4. The third-order valence-electron chi connectivity index (χ3n) is 2.66. The number of halogens is 1. The normalized spacial score (nSPS) is 10.8. The fourth-order valence-corrected chi connectivity index (χ4v) is 2.97. The zero-order valence-electron chi connectivity index (χ0n) is 10.4. The lowest BCUT2D eigenvalue weighted by Crippen LogP contribution is -2.11. The molecule has 5 nitrogen and oxygen atoms in total. The fourth-order valence-electron chi connectivity index (χ4n) is 1.72. The van der Waals surface area contributed by atoms with Gasteiger partial charge in [0.25, 0.3) is 0 Å². The average Bonchev–Trinajstić information content (AvgIpc) is 3.06. The highest BCUT2D eigenvalue weighted by atomic mass is 79.9. The van der Waals surface area contributed by atoms with Gasteiger partial charge < -0.3 is 10.3 Å². The number of nitrogens with zero attached hydrogens (tertiary/aromatic N) is 3. The van der Waals surface area contributed by atoms with Crippen LogP contribution in [0.1, 0.15) is 5.56 Å². The molecule has 0 bridgehead atoms. The van der Waals surface area contributed by atoms with Crippen molar-refractivity contribution in [2.75, 3.05) is 5.84 Å². The van der Waals surface area contributed by atoms with Gasteiger partial charge in [0.1, 0.15) is 0 Å². The van der Waals surface area contributed by atoms with Crippen LogP contribution in [0.5, 0.6) is 0 Å². The Bertz CT molecular complexity index is 711. The van der Waals surface area contributed by atoms with Crippen molar-refractivity contribution in [3.05, 3.63) is 52.7 Å². The maximum atomic E-state index is 5.99. The summed E-state index contributed by atoms with van der Waals surface area (Å²) >= 11 is 4.98. The van der Waals surface area contributed by atoms with Crippen LogP contribution in [0.3, 0.4) is 0 Å². The number of aromatic nitrogens is 3. The Labute approximate surface area is 128 Å². The van der Waals surface area contributed by atoms with Gasteiger partial charge in [-0.25, -0.2) is 4.68 Å². The van der Waals surface area contributed by atoms with E-state index in [9.17, 15) is 0 Å². The van der Waals surface area contributed by atoms with Crippen molar-refractivity contribution in [1.82, 2.24) is 14.9 Å². The molecule has 0 aliphatic carbocycles. The highest BCUT2D eigenvalue weighted by molar-refractivity contribution is 9.10. The molecule has 0 saturated heterocycles. The monoisotopic (exact) mass is 350 g/mol. The van der Waals surface area contributed by atoms with E-state index in [4.69, 9.17) is 10.3 Å². The molecule has 0 aliphatic rings. The summed E-state index contributed by atoms with van der Waals surface area (Å²) in [4.78, 5) is 0. The first-order chi connectivity index (χ1) is 9.74. The Hall–Kier alpha value is -1.73. The summed E-state index contributed by atoms with van der Waals surface area (Å²) < 4.78 is 7.78. The van der Waals surface area contributed by atoms with Gasteiger partial charge >= 0.3 is 0 Å². The summed E-state index contributed by atoms with van der Waals surface area (Å²) in [6.07, 6.45) is 1.58. The maximum Gasteiger partial charge on any atom is 0.218 e. The molecule has 0 amide bonds. The molecule has 20 heavy (non-hydrogen) atoms. The van der Waals surface area contributed by atoms with E-state index in [-0.39, 0.29) is 0 Å². The molecule has 0 unspecified atom stereocenters. The highest BCUT2D eigenvalue weighted by Crippen LogP contribution is 2.25. The van der Waals surface area contributed by atoms with Crippen LogP contribution in [0.2, 0.25) is 0 Å². The van der Waals surface area contributed by atoms with Gasteiger partial charge in [0.05, 0.1) is 6.26 Å². The Balaban J connectivity index is 1.76. The summed E-state index contributed by atoms with van der Waals surface area (Å²) in [5.74, 6) is 7.89. The predicted molar refractivity (Wildman–Crippen MR) is 81.6 cm³/mol. The molecule has 0 atom stereocenters. The quantitative estimate of drug-likeness (QED) is 0.577. The molecule has 2 heterocycles. The van der Waals surface area contributed by atoms with Crippen LogP contribution in [0.25, 0.3) is 11.6 Å². The molecule has 102 valence electrons. The van der Waals surface area contributed by atoms with Crippen molar-refractivity contribution < 1.29 is 4.42 Å². The van der Waals surface area contributed by atoms with Crippen LogP contribution in [-0.2, 0) is 5.75 Å². The number of hydrogen-bond acceptors (Lipinski definition) is 5. The van der Waals surface area contributed by atoms with Gasteiger partial charge in [-0.1, -0.05) is 39.8 Å². The van der Waals surface area contributed by atoms with Crippen LogP contribution in [0, 0.1) is 0 Å². The number of nitrogens with two attached hydrogens (primary N) is 1. The topological polar surface area (TPSA) is 69.9 Å². The summed E-state index contributed by atoms with van der Waals surface area (Å²) in [6, 6.07) is 11.7. The zero-order chi connectivity index (χ0) is 13.9. The Kier molecular flexibility index (Phi) is 3.79. The summed E-state index contributed by atoms with van der Waals surface area (Å²) in [5, 5.41) is 8.79. The number of furan rings is 1. The second-order valence-electron chi connectivity index (χ2n) is 4.07. The maximum absolute atomic E-state index is 5.99. The SMILES string of the molecule is Nn1c(SCc2cccc(Br)c2)nnc1-c1ccco1. The van der Waals surface area contributed by atoms with E-state index in [0.29, 0.717) is 16.7 Å². The molecule has 0 radical (unpaired) electrons. The van der Waals surface area contributed by atoms with E-state index in [1.807, 2.05) is 12.1 Å². The standard InChI is InChI=1S/C13H11BrN4OS/c14-10-4-1-3-9(7-10)8-20-13-17-16-12(18(13)15)11-5-2-6-19-11/h1-7H,8,15H2. The van der Waals surface area contributed by atoms with E-state index in [0.717, 1.165) is 10.2 Å². The third-order valence-corrected chi connectivity index (χ3v) is 4.17. The number of hydrogen-bond donors (Lipinski definition) is 1. The highest BCUT2D eigenvalue weighted by Gasteiger charge is 2.14. The fraction of sp³-hybridized carbons (Fsp3) is 0.0769. The minimum Gasteiger partial charge on any atom is -0.461 e. The van der Waals surface area contributed by atoms with Gasteiger partial charge in [-0.3, -0.25) is 0 Å². The second kappa shape index (κ2) is 5.72. The summed E-state index contributed by atoms with van der Waals surface area (Å²) in [7, 11) is 0. The second-order valence-corrected chi connectivity index (χ2v) is 5.93. The molecular weight excluding hydrogens is 340 g/mol. The molecular formula is C13H11BrN4OS. The summed E-state index contributed by atoms with van der Waals surface area (Å²) in [6.45, 7) is 0. The molecule has 0 saturated carbocycles. The van der Waals surface area contributed by atoms with Crippen molar-refractivity contribution >= 4 is 27.7 Å². The largest absolute Gasteiger partial charge is 0.461 e. The van der Waals surface area contributed by atoms with Crippen molar-refractivity contribution in [1.29, 1.82) is 0 Å². The molecule has 0 aliphatic heterocycles. The third kappa shape index (κ3) is 2.73. The van der Waals surface area contributed by atoms with Gasteiger partial charge in [-0.15, -0.1) is 10.2 Å². The van der Waals surface area contributed by atoms with Crippen molar-refractivity contribution in [2.45, 2.75) is 10.9 Å². The van der Waals surface area contributed by atoms with Gasteiger partial charge in [0.15, 0.2) is 5.76 Å². The van der Waals surface area contributed by atoms with Crippen molar-refractivity contribution in [3.8, 4) is 11.6 Å². The molecule has 0 fully saturated rings. The molecule has 3 rings (SSSR count). The average molecular weight is 351 g/mol. The number of nitrogen functional groups attached to an aromatic ring is 1. The predicted octanol–water partition coefficient (Wildman–Crippen LogP) is 3.31. The van der Waals surface area contributed by atoms with Crippen LogP contribution in [0.15, 0.2) is 56.7 Å². The van der Waals surface area contributed by atoms with Gasteiger partial charge in [0, 0.05) is 10.2 Å². The minimum absolute atomic E-state index is 0.520. The van der Waals surface area contributed by atoms with Crippen LogP contribution < -0.4 is 5.84 Å². The van der Waals surface area contributed by atoms with Gasteiger partial charge in [-0.05, 0) is 29.8 Å². The molecule has 0 spiro atoms. The first-order valence-corrected chi connectivity index (χ1v) is 7.63. The Morgan fingerprint density at radius 1 is 1.25 bits per heavy atom. The Morgan fingerprint density at radius 2 is 2.15 bits per heavy atom. The smallest absolute Gasteiger partial charge is 0.218 e. The van der Waals surface area contributed by atoms with Crippen molar-refractivity contribution in [2.24, 2.45) is 0 Å². The van der Waals surface area contributed by atoms with E-state index >= 15 is 0 Å². The lowest BCUT2D eigenvalue weighted by molar-refractivity contribution is 0.574. The number of benzene rings is 1. The van der Waals surface area contributed by atoms with E-state index in [1.54, 1.807) is 18.4 Å². The first kappa shape index (κ1) is 13.3. The van der Waals surface area contributed by atoms with Gasteiger partial charge in [0.2, 0.25) is 11.0 Å².